The van der Waals surface area contributed by atoms with E-state index < -0.39 is 12.1 Å². The van der Waals surface area contributed by atoms with Crippen molar-refractivity contribution >= 4 is 22.9 Å². The summed E-state index contributed by atoms with van der Waals surface area (Å²) in [6, 6.07) is 17.8. The van der Waals surface area contributed by atoms with E-state index in [0.29, 0.717) is 13.0 Å². The van der Waals surface area contributed by atoms with Crippen LogP contribution in [0.3, 0.4) is 0 Å². The monoisotopic (exact) mass is 393 g/mol. The summed E-state index contributed by atoms with van der Waals surface area (Å²) >= 11 is 0. The standard InChI is InChI=1S/C22H23N3O4/c1-15-13-24(14-19(29-15)22(27)28)21(26)12-11-20-23-17-9-5-6-10-18(17)25(20)16-7-3-2-4-8-16/h2-10,15,19H,11-14H2,1H3,(H,27,28)/t15-,19?/m1/s1. The van der Waals surface area contributed by atoms with Crippen LogP contribution in [0.1, 0.15) is 19.2 Å². The van der Waals surface area contributed by atoms with Crippen molar-refractivity contribution in [2.24, 2.45) is 0 Å². The average Bonchev–Trinajstić information content (AvgIpc) is 3.10. The zero-order valence-corrected chi connectivity index (χ0v) is 16.2. The SMILES string of the molecule is C[C@@H]1CN(C(=O)CCc2nc3ccccc3n2-c2ccccc2)CC(C(=O)O)O1. The number of fused-ring (bicyclic) bond motifs is 1. The van der Waals surface area contributed by atoms with Crippen molar-refractivity contribution in [2.45, 2.75) is 32.0 Å². The van der Waals surface area contributed by atoms with Crippen LogP contribution in [-0.2, 0) is 20.7 Å². The fraction of sp³-hybridized carbons (Fsp3) is 0.318. The van der Waals surface area contributed by atoms with Gasteiger partial charge in [-0.05, 0) is 31.2 Å². The molecule has 1 fully saturated rings. The van der Waals surface area contributed by atoms with Gasteiger partial charge in [0.1, 0.15) is 5.82 Å². The molecule has 2 aromatic carbocycles. The number of carbonyl (C=O) groups excluding carboxylic acids is 1. The van der Waals surface area contributed by atoms with E-state index in [4.69, 9.17) is 9.72 Å². The quantitative estimate of drug-likeness (QED) is 0.720. The number of hydrogen-bond acceptors (Lipinski definition) is 4. The molecule has 0 saturated carbocycles. The van der Waals surface area contributed by atoms with Gasteiger partial charge in [0.05, 0.1) is 23.7 Å². The number of carboxylic acids is 1. The van der Waals surface area contributed by atoms with Crippen LogP contribution in [0, 0.1) is 0 Å². The van der Waals surface area contributed by atoms with Gasteiger partial charge in [-0.2, -0.15) is 0 Å². The Morgan fingerprint density at radius 3 is 2.59 bits per heavy atom. The number of carbonyl (C=O) groups is 2. The molecule has 1 aliphatic rings. The van der Waals surface area contributed by atoms with Gasteiger partial charge in [0.2, 0.25) is 5.91 Å². The number of carboxylic acid groups (broad SMARTS) is 1. The number of amides is 1. The van der Waals surface area contributed by atoms with E-state index in [2.05, 4.69) is 4.57 Å². The first-order chi connectivity index (χ1) is 14.0. The van der Waals surface area contributed by atoms with Gasteiger partial charge < -0.3 is 14.7 Å². The molecule has 4 rings (SSSR count). The zero-order valence-electron chi connectivity index (χ0n) is 16.2. The van der Waals surface area contributed by atoms with Crippen molar-refractivity contribution in [3.8, 4) is 5.69 Å². The van der Waals surface area contributed by atoms with Gasteiger partial charge >= 0.3 is 5.97 Å². The Balaban J connectivity index is 1.56. The zero-order chi connectivity index (χ0) is 20.4. The minimum absolute atomic E-state index is 0.0770. The van der Waals surface area contributed by atoms with Gasteiger partial charge in [0.15, 0.2) is 6.10 Å². The summed E-state index contributed by atoms with van der Waals surface area (Å²) < 4.78 is 7.47. The fourth-order valence-corrected chi connectivity index (χ4v) is 3.78. The number of aromatic nitrogens is 2. The molecule has 1 N–H and O–H groups in total. The maximum absolute atomic E-state index is 12.8. The van der Waals surface area contributed by atoms with Crippen molar-refractivity contribution in [3.05, 3.63) is 60.4 Å². The highest BCUT2D eigenvalue weighted by atomic mass is 16.5. The smallest absolute Gasteiger partial charge is 0.334 e. The molecule has 1 unspecified atom stereocenters. The molecule has 7 nitrogen and oxygen atoms in total. The van der Waals surface area contributed by atoms with Gasteiger partial charge in [-0.25, -0.2) is 9.78 Å². The summed E-state index contributed by atoms with van der Waals surface area (Å²) in [7, 11) is 0. The minimum Gasteiger partial charge on any atom is -0.479 e. The summed E-state index contributed by atoms with van der Waals surface area (Å²) in [6.45, 7) is 2.26. The molecule has 0 radical (unpaired) electrons. The van der Waals surface area contributed by atoms with Crippen molar-refractivity contribution < 1.29 is 19.4 Å². The number of imidazole rings is 1. The van der Waals surface area contributed by atoms with E-state index in [1.54, 1.807) is 11.8 Å². The molecule has 0 bridgehead atoms. The molecular weight excluding hydrogens is 370 g/mol. The predicted molar refractivity (Wildman–Crippen MR) is 108 cm³/mol. The first-order valence-corrected chi connectivity index (χ1v) is 9.71. The molecule has 0 aliphatic carbocycles. The van der Waals surface area contributed by atoms with E-state index in [0.717, 1.165) is 22.5 Å². The fourth-order valence-electron chi connectivity index (χ4n) is 3.78. The second-order valence-corrected chi connectivity index (χ2v) is 7.26. The van der Waals surface area contributed by atoms with Crippen molar-refractivity contribution in [2.75, 3.05) is 13.1 Å². The second-order valence-electron chi connectivity index (χ2n) is 7.26. The van der Waals surface area contributed by atoms with Gasteiger partial charge in [0.25, 0.3) is 0 Å². The van der Waals surface area contributed by atoms with Crippen LogP contribution in [0.2, 0.25) is 0 Å². The van der Waals surface area contributed by atoms with Crippen molar-refractivity contribution in [3.63, 3.8) is 0 Å². The van der Waals surface area contributed by atoms with Crippen LogP contribution in [0.5, 0.6) is 0 Å². The maximum Gasteiger partial charge on any atom is 0.334 e. The number of nitrogens with zero attached hydrogens (tertiary/aromatic N) is 3. The lowest BCUT2D eigenvalue weighted by atomic mass is 10.2. The van der Waals surface area contributed by atoms with Crippen LogP contribution in [-0.4, -0.2) is 56.7 Å². The first kappa shape index (κ1) is 19.1. The summed E-state index contributed by atoms with van der Waals surface area (Å²) in [5.41, 5.74) is 2.87. The number of aryl methyl sites for hydroxylation is 1. The lowest BCUT2D eigenvalue weighted by Gasteiger charge is -2.35. The highest BCUT2D eigenvalue weighted by Gasteiger charge is 2.32. The van der Waals surface area contributed by atoms with Crippen molar-refractivity contribution in [1.29, 1.82) is 0 Å². The number of morpholine rings is 1. The van der Waals surface area contributed by atoms with Gasteiger partial charge in [-0.3, -0.25) is 9.36 Å². The average molecular weight is 393 g/mol. The Hall–Kier alpha value is -3.19. The molecule has 29 heavy (non-hydrogen) atoms. The predicted octanol–water partition coefficient (Wildman–Crippen LogP) is 2.66. The molecule has 2 heterocycles. The Morgan fingerprint density at radius 2 is 1.83 bits per heavy atom. The van der Waals surface area contributed by atoms with E-state index in [1.165, 1.54) is 0 Å². The van der Waals surface area contributed by atoms with E-state index in [-0.39, 0.29) is 25.0 Å². The number of benzene rings is 2. The van der Waals surface area contributed by atoms with Gasteiger partial charge in [-0.1, -0.05) is 30.3 Å². The number of rotatable bonds is 5. The third kappa shape index (κ3) is 4.00. The topological polar surface area (TPSA) is 84.7 Å². The van der Waals surface area contributed by atoms with E-state index >= 15 is 0 Å². The van der Waals surface area contributed by atoms with Crippen LogP contribution < -0.4 is 0 Å². The van der Waals surface area contributed by atoms with E-state index in [1.807, 2.05) is 54.6 Å². The lowest BCUT2D eigenvalue weighted by Crippen LogP contribution is -2.51. The van der Waals surface area contributed by atoms with Crippen LogP contribution in [0.25, 0.3) is 16.7 Å². The van der Waals surface area contributed by atoms with Gasteiger partial charge in [-0.15, -0.1) is 0 Å². The molecule has 1 aromatic heterocycles. The van der Waals surface area contributed by atoms with Gasteiger partial charge in [0, 0.05) is 25.1 Å². The molecule has 1 amide bonds. The number of aliphatic carboxylic acids is 1. The molecule has 7 heteroatoms. The largest absolute Gasteiger partial charge is 0.479 e. The Kier molecular flexibility index (Phi) is 5.31. The molecule has 3 aromatic rings. The Morgan fingerprint density at radius 1 is 1.10 bits per heavy atom. The summed E-state index contributed by atoms with van der Waals surface area (Å²) in [5.74, 6) is -0.319. The van der Waals surface area contributed by atoms with E-state index in [9.17, 15) is 14.7 Å². The van der Waals surface area contributed by atoms with Crippen LogP contribution in [0.4, 0.5) is 0 Å². The molecule has 2 atom stereocenters. The lowest BCUT2D eigenvalue weighted by molar-refractivity contribution is -0.166. The van der Waals surface area contributed by atoms with Crippen LogP contribution >= 0.6 is 0 Å². The minimum atomic E-state index is -1.04. The van der Waals surface area contributed by atoms with Crippen molar-refractivity contribution in [1.82, 2.24) is 14.5 Å². The maximum atomic E-state index is 12.8. The number of ether oxygens (including phenoxy) is 1. The highest BCUT2D eigenvalue weighted by molar-refractivity contribution is 5.80. The Bertz CT molecular complexity index is 1030. The summed E-state index contributed by atoms with van der Waals surface area (Å²) in [4.78, 5) is 30.4. The third-order valence-electron chi connectivity index (χ3n) is 5.10. The summed E-state index contributed by atoms with van der Waals surface area (Å²) in [6.07, 6.45) is -0.555. The second kappa shape index (κ2) is 8.05. The summed E-state index contributed by atoms with van der Waals surface area (Å²) in [5, 5.41) is 9.23. The third-order valence-corrected chi connectivity index (χ3v) is 5.10. The Labute approximate surface area is 168 Å². The number of hydrogen-bond donors (Lipinski definition) is 1. The molecule has 150 valence electrons. The molecule has 1 saturated heterocycles. The molecule has 0 spiro atoms. The van der Waals surface area contributed by atoms with Crippen LogP contribution in [0.15, 0.2) is 54.6 Å². The first-order valence-electron chi connectivity index (χ1n) is 9.71. The number of para-hydroxylation sites is 3. The molecular formula is C22H23N3O4. The normalized spacial score (nSPS) is 19.4. The highest BCUT2D eigenvalue weighted by Crippen LogP contribution is 2.23. The molecule has 1 aliphatic heterocycles.